The number of aliphatic hydroxyl groups excluding tert-OH is 1. The van der Waals surface area contributed by atoms with Crippen LogP contribution in [0.5, 0.6) is 0 Å². The van der Waals surface area contributed by atoms with E-state index in [2.05, 4.69) is 10.6 Å². The SMILES string of the molecule is O=C(NC1CCC1)[C@H]1[C@H](CO)[C@H]2Cn3c(ccc(-c4ccc(F)cc4)c3=O)[C@@H]1N2. The maximum Gasteiger partial charge on any atom is 0.258 e. The summed E-state index contributed by atoms with van der Waals surface area (Å²) in [7, 11) is 0. The summed E-state index contributed by atoms with van der Waals surface area (Å²) in [5.74, 6) is -1.04. The number of nitrogens with one attached hydrogen (secondary N) is 2. The van der Waals surface area contributed by atoms with E-state index in [4.69, 9.17) is 0 Å². The number of fused-ring (bicyclic) bond motifs is 4. The molecule has 3 aliphatic rings. The largest absolute Gasteiger partial charge is 0.396 e. The second kappa shape index (κ2) is 7.07. The highest BCUT2D eigenvalue weighted by Gasteiger charge is 2.51. The van der Waals surface area contributed by atoms with Gasteiger partial charge in [-0.3, -0.25) is 9.59 Å². The summed E-state index contributed by atoms with van der Waals surface area (Å²) in [6.45, 7) is 0.294. The number of benzene rings is 1. The molecule has 1 saturated heterocycles. The van der Waals surface area contributed by atoms with Gasteiger partial charge in [-0.25, -0.2) is 4.39 Å². The molecule has 2 bridgehead atoms. The van der Waals surface area contributed by atoms with Crippen molar-refractivity contribution in [1.82, 2.24) is 15.2 Å². The summed E-state index contributed by atoms with van der Waals surface area (Å²) >= 11 is 0. The van der Waals surface area contributed by atoms with Gasteiger partial charge in [-0.05, 0) is 49.1 Å². The van der Waals surface area contributed by atoms with Crippen LogP contribution in [0.2, 0.25) is 0 Å². The Hall–Kier alpha value is -2.51. The van der Waals surface area contributed by atoms with E-state index in [-0.39, 0.29) is 47.9 Å². The summed E-state index contributed by atoms with van der Waals surface area (Å²) < 4.78 is 15.0. The fourth-order valence-electron chi connectivity index (χ4n) is 4.95. The third-order valence-electron chi connectivity index (χ3n) is 6.76. The van der Waals surface area contributed by atoms with Crippen molar-refractivity contribution < 1.29 is 14.3 Å². The van der Waals surface area contributed by atoms with E-state index in [0.29, 0.717) is 17.7 Å². The molecule has 7 heteroatoms. The minimum absolute atomic E-state index is 0.0442. The zero-order chi connectivity index (χ0) is 20.1. The number of hydrogen-bond acceptors (Lipinski definition) is 4. The number of carbonyl (C=O) groups is 1. The lowest BCUT2D eigenvalue weighted by Gasteiger charge is -2.30. The van der Waals surface area contributed by atoms with Gasteiger partial charge in [0.25, 0.3) is 5.56 Å². The first-order valence-corrected chi connectivity index (χ1v) is 10.2. The van der Waals surface area contributed by atoms with Crippen LogP contribution in [0, 0.1) is 17.7 Å². The average molecular weight is 397 g/mol. The van der Waals surface area contributed by atoms with Gasteiger partial charge in [0.2, 0.25) is 5.91 Å². The third kappa shape index (κ3) is 3.00. The van der Waals surface area contributed by atoms with Crippen LogP contribution >= 0.6 is 0 Å². The van der Waals surface area contributed by atoms with Gasteiger partial charge in [-0.2, -0.15) is 0 Å². The van der Waals surface area contributed by atoms with Crippen molar-refractivity contribution in [3.8, 4) is 11.1 Å². The summed E-state index contributed by atoms with van der Waals surface area (Å²) in [5, 5.41) is 16.6. The molecule has 5 rings (SSSR count). The smallest absolute Gasteiger partial charge is 0.258 e. The predicted molar refractivity (Wildman–Crippen MR) is 106 cm³/mol. The van der Waals surface area contributed by atoms with Crippen LogP contribution in [-0.4, -0.2) is 34.3 Å². The Labute approximate surface area is 167 Å². The third-order valence-corrected chi connectivity index (χ3v) is 6.76. The molecule has 3 heterocycles. The minimum atomic E-state index is -0.407. The van der Waals surface area contributed by atoms with Gasteiger partial charge in [-0.15, -0.1) is 0 Å². The zero-order valence-electron chi connectivity index (χ0n) is 16.0. The van der Waals surface area contributed by atoms with Crippen LogP contribution in [-0.2, 0) is 11.3 Å². The predicted octanol–water partition coefficient (Wildman–Crippen LogP) is 1.57. The zero-order valence-corrected chi connectivity index (χ0v) is 16.0. The van der Waals surface area contributed by atoms with Crippen molar-refractivity contribution in [2.24, 2.45) is 11.8 Å². The molecule has 0 spiro atoms. The Morgan fingerprint density at radius 1 is 1.21 bits per heavy atom. The Bertz CT molecular complexity index is 999. The molecule has 1 amide bonds. The number of pyridine rings is 1. The van der Waals surface area contributed by atoms with Crippen LogP contribution < -0.4 is 16.2 Å². The lowest BCUT2D eigenvalue weighted by atomic mass is 9.85. The highest BCUT2D eigenvalue weighted by atomic mass is 19.1. The van der Waals surface area contributed by atoms with Crippen molar-refractivity contribution in [3.63, 3.8) is 0 Å². The molecule has 0 unspecified atom stereocenters. The first-order valence-electron chi connectivity index (χ1n) is 10.2. The summed E-state index contributed by atoms with van der Waals surface area (Å²) in [6, 6.07) is 9.27. The Morgan fingerprint density at radius 3 is 2.62 bits per heavy atom. The quantitative estimate of drug-likeness (QED) is 0.732. The molecule has 1 aromatic heterocycles. The molecule has 6 nitrogen and oxygen atoms in total. The molecule has 152 valence electrons. The van der Waals surface area contributed by atoms with Crippen molar-refractivity contribution in [1.29, 1.82) is 0 Å². The van der Waals surface area contributed by atoms with E-state index in [1.807, 2.05) is 6.07 Å². The van der Waals surface area contributed by atoms with Gasteiger partial charge < -0.3 is 20.3 Å². The maximum absolute atomic E-state index is 13.3. The number of nitrogens with zero attached hydrogens (tertiary/aromatic N) is 1. The van der Waals surface area contributed by atoms with Crippen LogP contribution in [0.3, 0.4) is 0 Å². The fourth-order valence-corrected chi connectivity index (χ4v) is 4.95. The number of aromatic nitrogens is 1. The molecule has 2 fully saturated rings. The van der Waals surface area contributed by atoms with Gasteiger partial charge in [0.05, 0.1) is 12.0 Å². The maximum atomic E-state index is 13.3. The summed E-state index contributed by atoms with van der Waals surface area (Å²) in [4.78, 5) is 26.2. The highest BCUT2D eigenvalue weighted by molar-refractivity contribution is 5.81. The molecular weight excluding hydrogens is 373 g/mol. The number of carbonyl (C=O) groups excluding carboxylic acids is 1. The Morgan fingerprint density at radius 2 is 1.97 bits per heavy atom. The number of hydrogen-bond donors (Lipinski definition) is 3. The molecule has 3 N–H and O–H groups in total. The van der Waals surface area contributed by atoms with E-state index in [1.54, 1.807) is 22.8 Å². The van der Waals surface area contributed by atoms with E-state index in [0.717, 1.165) is 25.0 Å². The molecule has 1 saturated carbocycles. The van der Waals surface area contributed by atoms with Gasteiger partial charge in [-0.1, -0.05) is 12.1 Å². The topological polar surface area (TPSA) is 83.4 Å². The van der Waals surface area contributed by atoms with Gasteiger partial charge in [0.1, 0.15) is 5.82 Å². The molecule has 29 heavy (non-hydrogen) atoms. The monoisotopic (exact) mass is 397 g/mol. The normalized spacial score (nSPS) is 27.9. The second-order valence-electron chi connectivity index (χ2n) is 8.35. The fraction of sp³-hybridized carbons (Fsp3) is 0.455. The lowest BCUT2D eigenvalue weighted by Crippen LogP contribution is -2.45. The first kappa shape index (κ1) is 18.5. The van der Waals surface area contributed by atoms with Crippen molar-refractivity contribution in [2.75, 3.05) is 6.61 Å². The van der Waals surface area contributed by atoms with E-state index in [9.17, 15) is 19.1 Å². The lowest BCUT2D eigenvalue weighted by molar-refractivity contribution is -0.128. The molecule has 2 aliphatic heterocycles. The molecule has 1 aliphatic carbocycles. The molecule has 0 radical (unpaired) electrons. The van der Waals surface area contributed by atoms with Gasteiger partial charge in [0.15, 0.2) is 0 Å². The number of amides is 1. The standard InChI is InChI=1S/C22H24FN3O3/c23-13-6-4-12(5-7-13)15-8-9-18-20-19(21(28)24-14-2-1-3-14)16(11-27)17(25-20)10-26(18)22(15)29/h4-9,14,16-17,19-20,25,27H,1-3,10-11H2,(H,24,28)/t16-,17-,19+,20+/m1/s1. The summed E-state index contributed by atoms with van der Waals surface area (Å²) in [6.07, 6.45) is 3.13. The minimum Gasteiger partial charge on any atom is -0.396 e. The first-order chi connectivity index (χ1) is 14.1. The van der Waals surface area contributed by atoms with Crippen molar-refractivity contribution in [2.45, 2.75) is 43.9 Å². The number of halogens is 1. The summed E-state index contributed by atoms with van der Waals surface area (Å²) in [5.41, 5.74) is 1.78. The average Bonchev–Trinajstić information content (AvgIpc) is 2.99. The van der Waals surface area contributed by atoms with Gasteiger partial charge in [0, 0.05) is 42.4 Å². The van der Waals surface area contributed by atoms with Crippen LogP contribution in [0.1, 0.15) is 31.0 Å². The highest BCUT2D eigenvalue weighted by Crippen LogP contribution is 2.41. The molecule has 1 aromatic carbocycles. The van der Waals surface area contributed by atoms with Crippen molar-refractivity contribution in [3.05, 3.63) is 58.3 Å². The number of aliphatic hydroxyl groups is 1. The molecular formula is C22H24FN3O3. The van der Waals surface area contributed by atoms with Crippen LogP contribution in [0.25, 0.3) is 11.1 Å². The van der Waals surface area contributed by atoms with E-state index < -0.39 is 5.92 Å². The Kier molecular flexibility index (Phi) is 4.52. The van der Waals surface area contributed by atoms with Gasteiger partial charge >= 0.3 is 0 Å². The van der Waals surface area contributed by atoms with Crippen LogP contribution in [0.4, 0.5) is 4.39 Å². The van der Waals surface area contributed by atoms with Crippen LogP contribution in [0.15, 0.2) is 41.2 Å². The van der Waals surface area contributed by atoms with E-state index in [1.165, 1.54) is 12.1 Å². The Balaban J connectivity index is 1.51. The second-order valence-corrected chi connectivity index (χ2v) is 8.35. The molecule has 4 atom stereocenters. The van der Waals surface area contributed by atoms with E-state index >= 15 is 0 Å². The molecule has 2 aromatic rings. The number of rotatable bonds is 4. The van der Waals surface area contributed by atoms with Crippen molar-refractivity contribution >= 4 is 5.91 Å².